The predicted molar refractivity (Wildman–Crippen MR) is 66.2 cm³/mol. The molecule has 2 heterocycles. The number of ether oxygens (including phenoxy) is 1. The Labute approximate surface area is 102 Å². The van der Waals surface area contributed by atoms with Crippen molar-refractivity contribution < 1.29 is 9.15 Å². The van der Waals surface area contributed by atoms with Crippen molar-refractivity contribution in [3.05, 3.63) is 24.2 Å². The summed E-state index contributed by atoms with van der Waals surface area (Å²) in [5, 5.41) is 0. The molecule has 17 heavy (non-hydrogen) atoms. The van der Waals surface area contributed by atoms with E-state index in [-0.39, 0.29) is 12.1 Å². The van der Waals surface area contributed by atoms with Crippen molar-refractivity contribution in [2.75, 3.05) is 0 Å². The minimum absolute atomic E-state index is 0.225. The van der Waals surface area contributed by atoms with E-state index in [1.165, 1.54) is 5.56 Å². The number of rotatable bonds is 4. The average molecular weight is 238 g/mol. The molecule has 5 atom stereocenters. The van der Waals surface area contributed by atoms with E-state index in [0.29, 0.717) is 17.9 Å². The van der Waals surface area contributed by atoms with Gasteiger partial charge in [-0.2, -0.15) is 0 Å². The van der Waals surface area contributed by atoms with Gasteiger partial charge in [0.05, 0.1) is 24.7 Å². The van der Waals surface area contributed by atoms with Crippen LogP contribution >= 0.6 is 0 Å². The third-order valence-electron chi connectivity index (χ3n) is 4.03. The Bertz CT molecular complexity index is 339. The van der Waals surface area contributed by atoms with E-state index in [1.54, 1.807) is 12.5 Å². The third kappa shape index (κ3) is 2.54. The van der Waals surface area contributed by atoms with Crippen molar-refractivity contribution in [3.8, 4) is 0 Å². The van der Waals surface area contributed by atoms with E-state index in [4.69, 9.17) is 15.0 Å². The Morgan fingerprint density at radius 1 is 1.35 bits per heavy atom. The summed E-state index contributed by atoms with van der Waals surface area (Å²) in [4.78, 5) is 0. The molecule has 0 bridgehead atoms. The summed E-state index contributed by atoms with van der Waals surface area (Å²) >= 11 is 0. The number of furan rings is 1. The molecule has 96 valence electrons. The molecule has 0 radical (unpaired) electrons. The highest BCUT2D eigenvalue weighted by Crippen LogP contribution is 2.35. The first kappa shape index (κ1) is 12.6. The molecule has 1 aliphatic rings. The molecule has 1 saturated heterocycles. The molecule has 1 aliphatic heterocycles. The van der Waals surface area contributed by atoms with E-state index in [1.807, 2.05) is 6.07 Å². The molecule has 5 unspecified atom stereocenters. The molecule has 0 spiro atoms. The molecule has 0 aromatic carbocycles. The summed E-state index contributed by atoms with van der Waals surface area (Å²) in [7, 11) is 0. The summed E-state index contributed by atoms with van der Waals surface area (Å²) in [6.07, 6.45) is 4.90. The van der Waals surface area contributed by atoms with E-state index < -0.39 is 0 Å². The van der Waals surface area contributed by atoms with Crippen LogP contribution < -0.4 is 11.3 Å². The van der Waals surface area contributed by atoms with Crippen LogP contribution in [0.15, 0.2) is 23.0 Å². The number of hydrogen-bond donors (Lipinski definition) is 2. The fraction of sp³-hybridized carbons (Fsp3) is 0.692. The van der Waals surface area contributed by atoms with Crippen LogP contribution in [-0.4, -0.2) is 18.2 Å². The zero-order valence-corrected chi connectivity index (χ0v) is 10.7. The molecule has 1 aromatic rings. The van der Waals surface area contributed by atoms with Gasteiger partial charge < -0.3 is 9.15 Å². The Morgan fingerprint density at radius 2 is 2.12 bits per heavy atom. The van der Waals surface area contributed by atoms with Gasteiger partial charge in [-0.3, -0.25) is 11.3 Å². The molecule has 3 N–H and O–H groups in total. The fourth-order valence-electron chi connectivity index (χ4n) is 2.96. The topological polar surface area (TPSA) is 60.4 Å². The Morgan fingerprint density at radius 3 is 2.59 bits per heavy atom. The number of nitrogens with one attached hydrogen (secondary N) is 1. The zero-order valence-electron chi connectivity index (χ0n) is 10.7. The largest absolute Gasteiger partial charge is 0.472 e. The molecular weight excluding hydrogens is 216 g/mol. The monoisotopic (exact) mass is 238 g/mol. The van der Waals surface area contributed by atoms with Crippen molar-refractivity contribution in [1.29, 1.82) is 0 Å². The van der Waals surface area contributed by atoms with Gasteiger partial charge >= 0.3 is 0 Å². The van der Waals surface area contributed by atoms with Crippen LogP contribution in [0.2, 0.25) is 0 Å². The van der Waals surface area contributed by atoms with Gasteiger partial charge in [0, 0.05) is 12.0 Å². The molecule has 1 aromatic heterocycles. The summed E-state index contributed by atoms with van der Waals surface area (Å²) in [5.74, 6) is 6.65. The minimum Gasteiger partial charge on any atom is -0.472 e. The maximum atomic E-state index is 5.87. The maximum Gasteiger partial charge on any atom is 0.0935 e. The van der Waals surface area contributed by atoms with Crippen molar-refractivity contribution in [2.45, 2.75) is 45.4 Å². The SMILES string of the molecule is CC1OC(C)C(C(Cc2ccoc2)NN)C1C. The highest BCUT2D eigenvalue weighted by molar-refractivity contribution is 5.09. The summed E-state index contributed by atoms with van der Waals surface area (Å²) in [6.45, 7) is 6.50. The Balaban J connectivity index is 2.07. The molecule has 0 aliphatic carbocycles. The van der Waals surface area contributed by atoms with Crippen LogP contribution in [0.4, 0.5) is 0 Å². The molecule has 4 nitrogen and oxygen atoms in total. The predicted octanol–water partition coefficient (Wildman–Crippen LogP) is 1.71. The number of hydrazine groups is 1. The van der Waals surface area contributed by atoms with E-state index in [9.17, 15) is 0 Å². The summed E-state index contributed by atoms with van der Waals surface area (Å²) < 4.78 is 11.0. The lowest BCUT2D eigenvalue weighted by Crippen LogP contribution is -2.46. The van der Waals surface area contributed by atoms with Gasteiger partial charge in [-0.1, -0.05) is 6.92 Å². The van der Waals surface area contributed by atoms with Crippen molar-refractivity contribution in [3.63, 3.8) is 0 Å². The Hall–Kier alpha value is -0.840. The van der Waals surface area contributed by atoms with Gasteiger partial charge in [-0.15, -0.1) is 0 Å². The summed E-state index contributed by atoms with van der Waals surface area (Å²) in [6, 6.07) is 2.21. The lowest BCUT2D eigenvalue weighted by Gasteiger charge is -2.28. The third-order valence-corrected chi connectivity index (χ3v) is 4.03. The van der Waals surface area contributed by atoms with Crippen LogP contribution in [0, 0.1) is 11.8 Å². The second-order valence-electron chi connectivity index (χ2n) is 5.09. The Kier molecular flexibility index (Phi) is 3.86. The van der Waals surface area contributed by atoms with Gasteiger partial charge in [0.25, 0.3) is 0 Å². The molecule has 1 fully saturated rings. The molecule has 0 saturated carbocycles. The second-order valence-corrected chi connectivity index (χ2v) is 5.09. The molecular formula is C13H22N2O2. The van der Waals surface area contributed by atoms with E-state index >= 15 is 0 Å². The first-order valence-corrected chi connectivity index (χ1v) is 6.26. The first-order valence-electron chi connectivity index (χ1n) is 6.26. The van der Waals surface area contributed by atoms with Gasteiger partial charge in [0.15, 0.2) is 0 Å². The van der Waals surface area contributed by atoms with Crippen LogP contribution in [0.1, 0.15) is 26.3 Å². The highest BCUT2D eigenvalue weighted by atomic mass is 16.5. The van der Waals surface area contributed by atoms with Gasteiger partial charge in [0.1, 0.15) is 0 Å². The number of hydrogen-bond acceptors (Lipinski definition) is 4. The van der Waals surface area contributed by atoms with Crippen LogP contribution in [0.25, 0.3) is 0 Å². The molecule has 2 rings (SSSR count). The number of nitrogens with two attached hydrogens (primary N) is 1. The van der Waals surface area contributed by atoms with Crippen LogP contribution in [0.3, 0.4) is 0 Å². The van der Waals surface area contributed by atoms with Crippen molar-refractivity contribution >= 4 is 0 Å². The van der Waals surface area contributed by atoms with Crippen molar-refractivity contribution in [2.24, 2.45) is 17.7 Å². The lowest BCUT2D eigenvalue weighted by atomic mass is 9.81. The standard InChI is InChI=1S/C13H22N2O2/c1-8-9(2)17-10(3)13(8)12(15-14)6-11-4-5-16-7-11/h4-5,7-10,12-13,15H,6,14H2,1-3H3. The minimum atomic E-state index is 0.225. The zero-order chi connectivity index (χ0) is 12.4. The van der Waals surface area contributed by atoms with Crippen LogP contribution in [-0.2, 0) is 11.2 Å². The smallest absolute Gasteiger partial charge is 0.0935 e. The second kappa shape index (κ2) is 5.21. The molecule has 4 heteroatoms. The fourth-order valence-corrected chi connectivity index (χ4v) is 2.96. The van der Waals surface area contributed by atoms with E-state index in [2.05, 4.69) is 26.2 Å². The van der Waals surface area contributed by atoms with E-state index in [0.717, 1.165) is 6.42 Å². The van der Waals surface area contributed by atoms with Gasteiger partial charge in [-0.05, 0) is 37.8 Å². The lowest BCUT2D eigenvalue weighted by molar-refractivity contribution is 0.0475. The summed E-state index contributed by atoms with van der Waals surface area (Å²) in [5.41, 5.74) is 4.12. The average Bonchev–Trinajstić information content (AvgIpc) is 2.87. The first-order chi connectivity index (χ1) is 8.13. The van der Waals surface area contributed by atoms with Crippen molar-refractivity contribution in [1.82, 2.24) is 5.43 Å². The highest BCUT2D eigenvalue weighted by Gasteiger charge is 2.41. The van der Waals surface area contributed by atoms with Crippen LogP contribution in [0.5, 0.6) is 0 Å². The van der Waals surface area contributed by atoms with Gasteiger partial charge in [-0.25, -0.2) is 0 Å². The normalized spacial score (nSPS) is 35.1. The molecule has 0 amide bonds. The maximum absolute atomic E-state index is 5.87. The quantitative estimate of drug-likeness (QED) is 0.619. The van der Waals surface area contributed by atoms with Gasteiger partial charge in [0.2, 0.25) is 0 Å².